The van der Waals surface area contributed by atoms with Gasteiger partial charge in [0.15, 0.2) is 0 Å². The normalized spacial score (nSPS) is 23.7. The molecule has 0 saturated heterocycles. The summed E-state index contributed by atoms with van der Waals surface area (Å²) in [6, 6.07) is -0.379. The molecular weight excluding hydrogens is 202 g/mol. The van der Waals surface area contributed by atoms with Gasteiger partial charge in [0.2, 0.25) is 0 Å². The molecule has 2 N–H and O–H groups in total. The van der Waals surface area contributed by atoms with E-state index < -0.39 is 0 Å². The van der Waals surface area contributed by atoms with Gasteiger partial charge in [-0.25, -0.2) is 0 Å². The van der Waals surface area contributed by atoms with E-state index in [1.807, 2.05) is 6.92 Å². The number of carbonyl (C=O) groups is 1. The number of ether oxygens (including phenoxy) is 1. The van der Waals surface area contributed by atoms with Gasteiger partial charge in [-0.3, -0.25) is 4.79 Å². The van der Waals surface area contributed by atoms with E-state index in [0.29, 0.717) is 24.4 Å². The molecule has 0 bridgehead atoms. The summed E-state index contributed by atoms with van der Waals surface area (Å²) in [4.78, 5) is 11.7. The van der Waals surface area contributed by atoms with E-state index in [-0.39, 0.29) is 12.0 Å². The zero-order valence-corrected chi connectivity index (χ0v) is 10.2. The molecule has 16 heavy (non-hydrogen) atoms. The van der Waals surface area contributed by atoms with E-state index in [2.05, 4.69) is 0 Å². The fourth-order valence-corrected chi connectivity index (χ4v) is 3.02. The van der Waals surface area contributed by atoms with E-state index in [9.17, 15) is 4.79 Å². The summed E-state index contributed by atoms with van der Waals surface area (Å²) in [6.07, 6.45) is 7.65. The Labute approximate surface area is 97.7 Å². The lowest BCUT2D eigenvalue weighted by molar-refractivity contribution is -0.148. The molecule has 0 heterocycles. The Hall–Kier alpha value is -0.570. The average Bonchev–Trinajstić information content (AvgIpc) is 2.10. The van der Waals surface area contributed by atoms with Crippen molar-refractivity contribution in [3.05, 3.63) is 0 Å². The van der Waals surface area contributed by atoms with Crippen LogP contribution in [-0.2, 0) is 9.53 Å². The smallest absolute Gasteiger partial charge is 0.323 e. The van der Waals surface area contributed by atoms with Gasteiger partial charge >= 0.3 is 5.97 Å². The molecule has 2 aliphatic carbocycles. The minimum absolute atomic E-state index is 0.189. The third-order valence-electron chi connectivity index (χ3n) is 4.36. The van der Waals surface area contributed by atoms with Crippen LogP contribution in [0.5, 0.6) is 0 Å². The molecule has 0 radical (unpaired) electrons. The highest BCUT2D eigenvalue weighted by Gasteiger charge is 2.42. The second kappa shape index (κ2) is 5.17. The zero-order valence-electron chi connectivity index (χ0n) is 10.2. The highest BCUT2D eigenvalue weighted by molar-refractivity contribution is 5.76. The van der Waals surface area contributed by atoms with E-state index in [1.165, 1.54) is 38.5 Å². The highest BCUT2D eigenvalue weighted by Crippen LogP contribution is 2.45. The first kappa shape index (κ1) is 11.9. The lowest BCUT2D eigenvalue weighted by Crippen LogP contribution is -2.49. The third kappa shape index (κ3) is 2.24. The highest BCUT2D eigenvalue weighted by atomic mass is 16.5. The van der Waals surface area contributed by atoms with Crippen LogP contribution < -0.4 is 5.73 Å². The number of nitrogens with two attached hydrogens (primary N) is 1. The quantitative estimate of drug-likeness (QED) is 0.729. The van der Waals surface area contributed by atoms with Crippen LogP contribution >= 0.6 is 0 Å². The number of carbonyl (C=O) groups excluding carboxylic acids is 1. The summed E-state index contributed by atoms with van der Waals surface area (Å²) >= 11 is 0. The average molecular weight is 225 g/mol. The maximum absolute atomic E-state index is 11.7. The van der Waals surface area contributed by atoms with Gasteiger partial charge in [0.25, 0.3) is 0 Å². The number of esters is 1. The molecule has 0 aromatic rings. The Morgan fingerprint density at radius 1 is 1.25 bits per heavy atom. The standard InChI is InChI=1S/C13H23NO2/c1-2-16-13(15)12(14)11(9-5-3-6-9)10-7-4-8-10/h9-12H,2-8,14H2,1H3. The van der Waals surface area contributed by atoms with Crippen LogP contribution in [0.4, 0.5) is 0 Å². The van der Waals surface area contributed by atoms with E-state index in [1.54, 1.807) is 0 Å². The molecule has 0 spiro atoms. The zero-order chi connectivity index (χ0) is 11.5. The number of rotatable bonds is 5. The van der Waals surface area contributed by atoms with Crippen LogP contribution in [0.25, 0.3) is 0 Å². The molecular formula is C13H23NO2. The molecule has 3 heteroatoms. The van der Waals surface area contributed by atoms with Gasteiger partial charge in [0.1, 0.15) is 6.04 Å². The Morgan fingerprint density at radius 2 is 1.75 bits per heavy atom. The largest absolute Gasteiger partial charge is 0.465 e. The van der Waals surface area contributed by atoms with Crippen LogP contribution in [0.2, 0.25) is 0 Å². The summed E-state index contributed by atoms with van der Waals surface area (Å²) < 4.78 is 5.06. The van der Waals surface area contributed by atoms with Crippen molar-refractivity contribution in [2.75, 3.05) is 6.61 Å². The van der Waals surface area contributed by atoms with Gasteiger partial charge < -0.3 is 10.5 Å². The second-order valence-electron chi connectivity index (χ2n) is 5.24. The van der Waals surface area contributed by atoms with Crippen molar-refractivity contribution in [2.45, 2.75) is 51.5 Å². The van der Waals surface area contributed by atoms with Crippen molar-refractivity contribution in [3.63, 3.8) is 0 Å². The van der Waals surface area contributed by atoms with Crippen molar-refractivity contribution < 1.29 is 9.53 Å². The summed E-state index contributed by atoms with van der Waals surface area (Å²) in [5.74, 6) is 1.57. The molecule has 2 saturated carbocycles. The topological polar surface area (TPSA) is 52.3 Å². The van der Waals surface area contributed by atoms with Crippen molar-refractivity contribution in [1.29, 1.82) is 0 Å². The van der Waals surface area contributed by atoms with Gasteiger partial charge in [-0.05, 0) is 24.7 Å². The summed E-state index contributed by atoms with van der Waals surface area (Å²) in [5.41, 5.74) is 6.09. The van der Waals surface area contributed by atoms with Crippen molar-refractivity contribution in [1.82, 2.24) is 0 Å². The molecule has 2 fully saturated rings. The van der Waals surface area contributed by atoms with Crippen LogP contribution in [0.3, 0.4) is 0 Å². The molecule has 2 rings (SSSR count). The summed E-state index contributed by atoms with van der Waals surface area (Å²) in [7, 11) is 0. The van der Waals surface area contributed by atoms with Gasteiger partial charge in [0, 0.05) is 0 Å². The Morgan fingerprint density at radius 3 is 2.06 bits per heavy atom. The molecule has 3 nitrogen and oxygen atoms in total. The summed E-state index contributed by atoms with van der Waals surface area (Å²) in [5, 5.41) is 0. The first-order valence-electron chi connectivity index (χ1n) is 6.66. The lowest BCUT2D eigenvalue weighted by Gasteiger charge is -2.44. The number of hydrogen-bond donors (Lipinski definition) is 1. The minimum atomic E-state index is -0.379. The van der Waals surface area contributed by atoms with Crippen molar-refractivity contribution in [2.24, 2.45) is 23.5 Å². The van der Waals surface area contributed by atoms with Crippen LogP contribution in [0.1, 0.15) is 45.4 Å². The Balaban J connectivity index is 1.96. The first-order valence-corrected chi connectivity index (χ1v) is 6.66. The lowest BCUT2D eigenvalue weighted by atomic mass is 9.62. The minimum Gasteiger partial charge on any atom is -0.465 e. The van der Waals surface area contributed by atoms with Gasteiger partial charge in [-0.1, -0.05) is 38.5 Å². The fraction of sp³-hybridized carbons (Fsp3) is 0.923. The first-order chi connectivity index (χ1) is 7.74. The van der Waals surface area contributed by atoms with E-state index >= 15 is 0 Å². The van der Waals surface area contributed by atoms with Crippen LogP contribution in [0.15, 0.2) is 0 Å². The van der Waals surface area contributed by atoms with Crippen LogP contribution in [-0.4, -0.2) is 18.6 Å². The fourth-order valence-electron chi connectivity index (χ4n) is 3.02. The van der Waals surface area contributed by atoms with Crippen molar-refractivity contribution in [3.8, 4) is 0 Å². The molecule has 0 amide bonds. The monoisotopic (exact) mass is 225 g/mol. The molecule has 0 aliphatic heterocycles. The summed E-state index contributed by atoms with van der Waals surface area (Å²) in [6.45, 7) is 2.28. The van der Waals surface area contributed by atoms with Crippen molar-refractivity contribution >= 4 is 5.97 Å². The van der Waals surface area contributed by atoms with Crippen LogP contribution in [0, 0.1) is 17.8 Å². The molecule has 1 atom stereocenters. The van der Waals surface area contributed by atoms with E-state index in [4.69, 9.17) is 10.5 Å². The molecule has 1 unspecified atom stereocenters. The SMILES string of the molecule is CCOC(=O)C(N)C(C1CCC1)C1CCC1. The second-order valence-corrected chi connectivity index (χ2v) is 5.24. The van der Waals surface area contributed by atoms with Gasteiger partial charge in [-0.2, -0.15) is 0 Å². The molecule has 2 aliphatic rings. The Kier molecular flexibility index (Phi) is 3.85. The number of hydrogen-bond acceptors (Lipinski definition) is 3. The maximum atomic E-state index is 11.7. The predicted octanol–water partition coefficient (Wildman–Crippen LogP) is 2.09. The third-order valence-corrected chi connectivity index (χ3v) is 4.36. The molecule has 0 aromatic carbocycles. The Bertz CT molecular complexity index is 232. The van der Waals surface area contributed by atoms with Gasteiger partial charge in [0.05, 0.1) is 6.61 Å². The van der Waals surface area contributed by atoms with E-state index in [0.717, 1.165) is 0 Å². The maximum Gasteiger partial charge on any atom is 0.323 e. The molecule has 92 valence electrons. The molecule has 0 aromatic heterocycles. The predicted molar refractivity (Wildman–Crippen MR) is 62.8 cm³/mol. The van der Waals surface area contributed by atoms with Gasteiger partial charge in [-0.15, -0.1) is 0 Å².